The Morgan fingerprint density at radius 3 is 2.95 bits per heavy atom. The van der Waals surface area contributed by atoms with Crippen LogP contribution in [-0.4, -0.2) is 35.6 Å². The highest BCUT2D eigenvalue weighted by Crippen LogP contribution is 2.28. The smallest absolute Gasteiger partial charge is 0.293 e. The molecule has 0 spiro atoms. The largest absolute Gasteiger partial charge is 0.377 e. The lowest BCUT2D eigenvalue weighted by atomic mass is 9.94. The molecule has 2 rings (SSSR count). The average molecular weight is 294 g/mol. The summed E-state index contributed by atoms with van der Waals surface area (Å²) in [5.41, 5.74) is 3.60. The maximum atomic E-state index is 10.9. The van der Waals surface area contributed by atoms with Crippen LogP contribution in [0.15, 0.2) is 18.2 Å². The molecule has 7 heteroatoms. The Bertz CT molecular complexity index is 523. The Kier molecular flexibility index (Phi) is 4.76. The second-order valence-electron chi connectivity index (χ2n) is 5.72. The van der Waals surface area contributed by atoms with Crippen molar-refractivity contribution in [2.24, 2.45) is 5.84 Å². The first-order chi connectivity index (χ1) is 9.97. The fourth-order valence-corrected chi connectivity index (χ4v) is 2.82. The summed E-state index contributed by atoms with van der Waals surface area (Å²) in [6, 6.07) is 5.00. The predicted molar refractivity (Wildman–Crippen MR) is 80.8 cm³/mol. The first-order valence-electron chi connectivity index (χ1n) is 6.99. The van der Waals surface area contributed by atoms with Gasteiger partial charge in [0.1, 0.15) is 5.69 Å². The zero-order chi connectivity index (χ0) is 15.5. The quantitative estimate of drug-likeness (QED) is 0.489. The predicted octanol–water partition coefficient (Wildman–Crippen LogP) is 1.88. The summed E-state index contributed by atoms with van der Waals surface area (Å²) < 4.78 is 5.58. The topological polar surface area (TPSA) is 93.7 Å². The van der Waals surface area contributed by atoms with E-state index < -0.39 is 4.92 Å². The van der Waals surface area contributed by atoms with Crippen molar-refractivity contribution in [3.8, 4) is 0 Å². The van der Waals surface area contributed by atoms with Crippen LogP contribution in [0.25, 0.3) is 0 Å². The van der Waals surface area contributed by atoms with Crippen LogP contribution in [-0.2, 0) is 11.3 Å². The highest BCUT2D eigenvalue weighted by atomic mass is 16.6. The molecule has 0 radical (unpaired) electrons. The minimum atomic E-state index is -0.443. The molecule has 7 nitrogen and oxygen atoms in total. The van der Waals surface area contributed by atoms with Gasteiger partial charge in [-0.15, -0.1) is 0 Å². The van der Waals surface area contributed by atoms with Gasteiger partial charge in [-0.3, -0.25) is 20.9 Å². The second kappa shape index (κ2) is 6.38. The summed E-state index contributed by atoms with van der Waals surface area (Å²) in [5.74, 6) is 5.37. The summed E-state index contributed by atoms with van der Waals surface area (Å²) in [7, 11) is 1.74. The highest BCUT2D eigenvalue weighted by Gasteiger charge is 2.30. The van der Waals surface area contributed by atoms with E-state index in [0.717, 1.165) is 38.0 Å². The summed E-state index contributed by atoms with van der Waals surface area (Å²) in [6.07, 6.45) is 2.13. The van der Waals surface area contributed by atoms with Crippen LogP contribution >= 0.6 is 0 Å². The van der Waals surface area contributed by atoms with Crippen molar-refractivity contribution >= 4 is 11.4 Å². The number of ether oxygens (including phenoxy) is 1. The number of hydrazine groups is 1. The molecule has 1 fully saturated rings. The number of benzene rings is 1. The SMILES string of the molecule is COC1(C)CCCN(Cc2ccc([N+](=O)[O-])c(NN)c2)C1. The number of nitro groups is 1. The molecule has 0 aliphatic carbocycles. The van der Waals surface area contributed by atoms with Crippen molar-refractivity contribution < 1.29 is 9.66 Å². The number of nitrogens with two attached hydrogens (primary N) is 1. The number of methoxy groups -OCH3 is 1. The van der Waals surface area contributed by atoms with Gasteiger partial charge in [-0.05, 0) is 37.9 Å². The van der Waals surface area contributed by atoms with Crippen LogP contribution in [0.1, 0.15) is 25.3 Å². The lowest BCUT2D eigenvalue weighted by molar-refractivity contribution is -0.384. The Balaban J connectivity index is 2.11. The average Bonchev–Trinajstić information content (AvgIpc) is 2.47. The third kappa shape index (κ3) is 3.69. The lowest BCUT2D eigenvalue weighted by Crippen LogP contribution is -2.46. The highest BCUT2D eigenvalue weighted by molar-refractivity contribution is 5.62. The maximum absolute atomic E-state index is 10.9. The molecule has 1 unspecified atom stereocenters. The number of likely N-dealkylation sites (tertiary alicyclic amines) is 1. The Labute approximate surface area is 124 Å². The van der Waals surface area contributed by atoms with Crippen molar-refractivity contribution in [1.29, 1.82) is 0 Å². The summed E-state index contributed by atoms with van der Waals surface area (Å²) in [6.45, 7) is 4.70. The van der Waals surface area contributed by atoms with Crippen LogP contribution in [0.2, 0.25) is 0 Å². The number of rotatable bonds is 5. The zero-order valence-corrected chi connectivity index (χ0v) is 12.5. The van der Waals surface area contributed by atoms with E-state index in [1.807, 2.05) is 0 Å². The molecule has 116 valence electrons. The minimum absolute atomic E-state index is 0.0124. The summed E-state index contributed by atoms with van der Waals surface area (Å²) in [4.78, 5) is 12.7. The van der Waals surface area contributed by atoms with Gasteiger partial charge in [0.15, 0.2) is 0 Å². The van der Waals surface area contributed by atoms with E-state index in [1.54, 1.807) is 19.2 Å². The van der Waals surface area contributed by atoms with Gasteiger partial charge in [0, 0.05) is 26.3 Å². The molecule has 1 saturated heterocycles. The van der Waals surface area contributed by atoms with E-state index in [4.69, 9.17) is 10.6 Å². The third-order valence-corrected chi connectivity index (χ3v) is 4.05. The van der Waals surface area contributed by atoms with E-state index >= 15 is 0 Å². The molecule has 0 bridgehead atoms. The number of anilines is 1. The minimum Gasteiger partial charge on any atom is -0.377 e. The monoisotopic (exact) mass is 294 g/mol. The molecule has 1 aromatic carbocycles. The Morgan fingerprint density at radius 2 is 2.33 bits per heavy atom. The molecule has 1 aliphatic heterocycles. The summed E-state index contributed by atoms with van der Waals surface area (Å²) in [5, 5.41) is 10.9. The van der Waals surface area contributed by atoms with E-state index in [2.05, 4.69) is 17.2 Å². The molecule has 1 aromatic rings. The number of hydrogen-bond donors (Lipinski definition) is 2. The van der Waals surface area contributed by atoms with Gasteiger partial charge in [-0.2, -0.15) is 0 Å². The van der Waals surface area contributed by atoms with Gasteiger partial charge in [0.2, 0.25) is 0 Å². The molecule has 1 aliphatic rings. The van der Waals surface area contributed by atoms with Crippen LogP contribution in [0.5, 0.6) is 0 Å². The van der Waals surface area contributed by atoms with Gasteiger partial charge in [0.05, 0.1) is 10.5 Å². The number of nitrogens with zero attached hydrogens (tertiary/aromatic N) is 2. The van der Waals surface area contributed by atoms with Gasteiger partial charge >= 0.3 is 0 Å². The molecular formula is C14H22N4O3. The summed E-state index contributed by atoms with van der Waals surface area (Å²) >= 11 is 0. The normalized spacial score (nSPS) is 23.0. The number of nitrogen functional groups attached to an aromatic ring is 1. The molecular weight excluding hydrogens is 272 g/mol. The molecule has 0 amide bonds. The van der Waals surface area contributed by atoms with E-state index in [1.165, 1.54) is 6.07 Å². The lowest BCUT2D eigenvalue weighted by Gasteiger charge is -2.39. The number of piperidine rings is 1. The fourth-order valence-electron chi connectivity index (χ4n) is 2.82. The van der Waals surface area contributed by atoms with Crippen molar-refractivity contribution in [2.75, 3.05) is 25.6 Å². The molecule has 3 N–H and O–H groups in total. The number of nitrogens with one attached hydrogen (secondary N) is 1. The molecule has 0 aromatic heterocycles. The van der Waals surface area contributed by atoms with Gasteiger partial charge in [0.25, 0.3) is 5.69 Å². The maximum Gasteiger partial charge on any atom is 0.293 e. The van der Waals surface area contributed by atoms with E-state index in [0.29, 0.717) is 5.69 Å². The number of nitro benzene ring substituents is 1. The van der Waals surface area contributed by atoms with E-state index in [-0.39, 0.29) is 11.3 Å². The van der Waals surface area contributed by atoms with Crippen LogP contribution in [0.4, 0.5) is 11.4 Å². The van der Waals surface area contributed by atoms with Gasteiger partial charge < -0.3 is 10.2 Å². The zero-order valence-electron chi connectivity index (χ0n) is 12.5. The molecule has 1 heterocycles. The standard InChI is InChI=1S/C14H22N4O3/c1-14(21-2)6-3-7-17(10-14)9-11-4-5-13(18(19)20)12(8-11)16-15/h4-5,8,16H,3,6-7,9-10,15H2,1-2H3. The van der Waals surface area contributed by atoms with Crippen molar-refractivity contribution in [1.82, 2.24) is 4.90 Å². The molecule has 1 atom stereocenters. The van der Waals surface area contributed by atoms with Gasteiger partial charge in [-0.25, -0.2) is 0 Å². The first kappa shape index (κ1) is 15.7. The number of hydrogen-bond acceptors (Lipinski definition) is 6. The van der Waals surface area contributed by atoms with Crippen molar-refractivity contribution in [2.45, 2.75) is 31.9 Å². The van der Waals surface area contributed by atoms with Gasteiger partial charge in [-0.1, -0.05) is 6.07 Å². The second-order valence-corrected chi connectivity index (χ2v) is 5.72. The Morgan fingerprint density at radius 1 is 1.57 bits per heavy atom. The first-order valence-corrected chi connectivity index (χ1v) is 6.99. The Hall–Kier alpha value is -1.70. The molecule has 0 saturated carbocycles. The fraction of sp³-hybridized carbons (Fsp3) is 0.571. The van der Waals surface area contributed by atoms with Crippen LogP contribution < -0.4 is 11.3 Å². The van der Waals surface area contributed by atoms with E-state index in [9.17, 15) is 10.1 Å². The molecule has 21 heavy (non-hydrogen) atoms. The van der Waals surface area contributed by atoms with Crippen molar-refractivity contribution in [3.63, 3.8) is 0 Å². The van der Waals surface area contributed by atoms with Crippen molar-refractivity contribution in [3.05, 3.63) is 33.9 Å². The van der Waals surface area contributed by atoms with Crippen LogP contribution in [0.3, 0.4) is 0 Å². The van der Waals surface area contributed by atoms with Crippen LogP contribution in [0, 0.1) is 10.1 Å². The third-order valence-electron chi connectivity index (χ3n) is 4.05.